The summed E-state index contributed by atoms with van der Waals surface area (Å²) in [5.74, 6) is -0.0944. The Morgan fingerprint density at radius 2 is 1.94 bits per heavy atom. The van der Waals surface area contributed by atoms with Crippen molar-refractivity contribution >= 4 is 23.6 Å². The van der Waals surface area contributed by atoms with Gasteiger partial charge in [0.15, 0.2) is 0 Å². The highest BCUT2D eigenvalue weighted by Crippen LogP contribution is 2.06. The summed E-state index contributed by atoms with van der Waals surface area (Å²) in [4.78, 5) is 21.4. The van der Waals surface area contributed by atoms with Crippen molar-refractivity contribution in [3.63, 3.8) is 0 Å². The van der Waals surface area contributed by atoms with Gasteiger partial charge < -0.3 is 10.4 Å². The molecule has 0 unspecified atom stereocenters. The number of amides is 1. The fourth-order valence-corrected chi connectivity index (χ4v) is 2.04. The number of carboxylic acids is 1. The molecule has 4 nitrogen and oxygen atoms in total. The van der Waals surface area contributed by atoms with Gasteiger partial charge in [0.2, 0.25) is 5.91 Å². The Morgan fingerprint density at radius 3 is 2.59 bits per heavy atom. The molecule has 0 saturated heterocycles. The smallest absolute Gasteiger partial charge is 0.322 e. The molecule has 0 saturated carbocycles. The summed E-state index contributed by atoms with van der Waals surface area (Å²) >= 11 is 1.50. The lowest BCUT2D eigenvalue weighted by Gasteiger charge is -2.02. The second-order valence-corrected chi connectivity index (χ2v) is 4.56. The molecule has 0 aliphatic heterocycles. The molecule has 0 radical (unpaired) electrons. The number of nitrogens with one attached hydrogen (secondary N) is 1. The van der Waals surface area contributed by atoms with Crippen LogP contribution < -0.4 is 5.32 Å². The molecule has 0 aliphatic rings. The van der Waals surface area contributed by atoms with Gasteiger partial charge in [0.05, 0.1) is 5.75 Å². The third-order valence-corrected chi connectivity index (χ3v) is 3.01. The Balaban J connectivity index is 2.08. The number of hydrogen-bond donors (Lipinski definition) is 2. The van der Waals surface area contributed by atoms with Crippen LogP contribution >= 0.6 is 11.8 Å². The minimum Gasteiger partial charge on any atom is -0.480 e. The number of carbonyl (C=O) groups excluding carboxylic acids is 1. The van der Waals surface area contributed by atoms with E-state index in [1.54, 1.807) is 0 Å². The highest BCUT2D eigenvalue weighted by molar-refractivity contribution is 7.99. The Bertz CT molecular complexity index is 367. The third-order valence-electron chi connectivity index (χ3n) is 2.05. The van der Waals surface area contributed by atoms with E-state index in [1.165, 1.54) is 17.3 Å². The number of benzene rings is 1. The van der Waals surface area contributed by atoms with Crippen LogP contribution in [0.4, 0.5) is 0 Å². The predicted octanol–water partition coefficient (Wildman–Crippen LogP) is 1.16. The first-order chi connectivity index (χ1) is 8.18. The predicted molar refractivity (Wildman–Crippen MR) is 68.1 cm³/mol. The van der Waals surface area contributed by atoms with E-state index >= 15 is 0 Å². The fraction of sp³-hybridized carbons (Fsp3) is 0.333. The molecule has 92 valence electrons. The van der Waals surface area contributed by atoms with E-state index in [2.05, 4.69) is 5.32 Å². The van der Waals surface area contributed by atoms with Gasteiger partial charge in [0.25, 0.3) is 0 Å². The maximum Gasteiger partial charge on any atom is 0.322 e. The maximum atomic E-state index is 11.2. The van der Waals surface area contributed by atoms with E-state index in [9.17, 15) is 9.59 Å². The molecule has 0 spiro atoms. The summed E-state index contributed by atoms with van der Waals surface area (Å²) in [5, 5.41) is 10.7. The highest BCUT2D eigenvalue weighted by Gasteiger charge is 2.03. The Kier molecular flexibility index (Phi) is 6.17. The van der Waals surface area contributed by atoms with Crippen LogP contribution in [0.1, 0.15) is 5.56 Å². The molecule has 2 N–H and O–H groups in total. The van der Waals surface area contributed by atoms with E-state index in [0.717, 1.165) is 12.2 Å². The van der Waals surface area contributed by atoms with Gasteiger partial charge in [-0.25, -0.2) is 0 Å². The van der Waals surface area contributed by atoms with Crippen LogP contribution in [-0.4, -0.2) is 35.0 Å². The molecule has 1 aromatic rings. The van der Waals surface area contributed by atoms with Gasteiger partial charge in [-0.3, -0.25) is 9.59 Å². The van der Waals surface area contributed by atoms with Gasteiger partial charge in [-0.15, -0.1) is 0 Å². The number of rotatable bonds is 7. The number of aliphatic carboxylic acids is 1. The molecule has 0 bridgehead atoms. The summed E-state index contributed by atoms with van der Waals surface area (Å²) < 4.78 is 0. The molecular formula is C12H15NO3S. The van der Waals surface area contributed by atoms with Crippen molar-refractivity contribution in [2.75, 3.05) is 18.1 Å². The first-order valence-corrected chi connectivity index (χ1v) is 6.44. The van der Waals surface area contributed by atoms with Crippen LogP contribution in [0.15, 0.2) is 30.3 Å². The van der Waals surface area contributed by atoms with Crippen LogP contribution in [0.2, 0.25) is 0 Å². The van der Waals surface area contributed by atoms with Gasteiger partial charge in [0, 0.05) is 0 Å². The first-order valence-electron chi connectivity index (χ1n) is 5.28. The minimum absolute atomic E-state index is 0.231. The second-order valence-electron chi connectivity index (χ2n) is 3.46. The lowest BCUT2D eigenvalue weighted by atomic mass is 10.2. The Labute approximate surface area is 104 Å². The third kappa shape index (κ3) is 6.63. The Morgan fingerprint density at radius 1 is 1.24 bits per heavy atom. The van der Waals surface area contributed by atoms with Crippen LogP contribution in [0.3, 0.4) is 0 Å². The van der Waals surface area contributed by atoms with Crippen molar-refractivity contribution < 1.29 is 14.7 Å². The maximum absolute atomic E-state index is 11.2. The number of carboxylic acid groups (broad SMARTS) is 1. The van der Waals surface area contributed by atoms with Crippen molar-refractivity contribution in [2.45, 2.75) is 6.42 Å². The van der Waals surface area contributed by atoms with Crippen LogP contribution in [0.5, 0.6) is 0 Å². The van der Waals surface area contributed by atoms with Gasteiger partial charge in [-0.2, -0.15) is 11.8 Å². The van der Waals surface area contributed by atoms with Crippen molar-refractivity contribution in [2.24, 2.45) is 0 Å². The van der Waals surface area contributed by atoms with Crippen molar-refractivity contribution in [3.05, 3.63) is 35.9 Å². The second kappa shape index (κ2) is 7.73. The van der Waals surface area contributed by atoms with Gasteiger partial charge in [-0.1, -0.05) is 30.3 Å². The number of carbonyl (C=O) groups is 2. The number of hydrogen-bond acceptors (Lipinski definition) is 3. The summed E-state index contributed by atoms with van der Waals surface area (Å²) in [7, 11) is 0. The molecule has 5 heteroatoms. The molecule has 1 rings (SSSR count). The standard InChI is InChI=1S/C12H15NO3S/c14-11(13-8-12(15)16)9-17-7-6-10-4-2-1-3-5-10/h1-5H,6-9H2,(H,13,14)(H,15,16). The van der Waals surface area contributed by atoms with E-state index in [0.29, 0.717) is 5.75 Å². The molecule has 1 aromatic carbocycles. The lowest BCUT2D eigenvalue weighted by Crippen LogP contribution is -2.30. The topological polar surface area (TPSA) is 66.4 Å². The van der Waals surface area contributed by atoms with E-state index in [4.69, 9.17) is 5.11 Å². The van der Waals surface area contributed by atoms with Gasteiger partial charge in [0.1, 0.15) is 6.54 Å². The summed E-state index contributed by atoms with van der Waals surface area (Å²) in [6.07, 6.45) is 0.914. The molecule has 1 amide bonds. The van der Waals surface area contributed by atoms with Gasteiger partial charge >= 0.3 is 5.97 Å². The zero-order valence-corrected chi connectivity index (χ0v) is 10.2. The number of aryl methyl sites for hydroxylation is 1. The van der Waals surface area contributed by atoms with Crippen LogP contribution in [0.25, 0.3) is 0 Å². The molecule has 0 atom stereocenters. The normalized spacial score (nSPS) is 9.88. The van der Waals surface area contributed by atoms with E-state index < -0.39 is 5.97 Å². The average molecular weight is 253 g/mol. The summed E-state index contributed by atoms with van der Waals surface area (Å²) in [5.41, 5.74) is 1.24. The minimum atomic E-state index is -1.02. The zero-order valence-electron chi connectivity index (χ0n) is 9.39. The van der Waals surface area contributed by atoms with Crippen molar-refractivity contribution in [1.82, 2.24) is 5.32 Å². The molecule has 0 fully saturated rings. The molecule has 0 heterocycles. The summed E-state index contributed by atoms with van der Waals surface area (Å²) in [6.45, 7) is -0.307. The quantitative estimate of drug-likeness (QED) is 0.716. The average Bonchev–Trinajstić information content (AvgIpc) is 2.33. The molecule has 17 heavy (non-hydrogen) atoms. The number of thioether (sulfide) groups is 1. The zero-order chi connectivity index (χ0) is 12.5. The van der Waals surface area contributed by atoms with Crippen molar-refractivity contribution in [3.8, 4) is 0 Å². The van der Waals surface area contributed by atoms with Gasteiger partial charge in [-0.05, 0) is 17.7 Å². The lowest BCUT2D eigenvalue weighted by molar-refractivity contribution is -0.137. The fourth-order valence-electron chi connectivity index (χ4n) is 1.22. The van der Waals surface area contributed by atoms with E-state index in [1.807, 2.05) is 30.3 Å². The Hall–Kier alpha value is -1.49. The van der Waals surface area contributed by atoms with Crippen molar-refractivity contribution in [1.29, 1.82) is 0 Å². The monoisotopic (exact) mass is 253 g/mol. The molecular weight excluding hydrogens is 238 g/mol. The molecule has 0 aromatic heterocycles. The first kappa shape index (κ1) is 13.6. The highest BCUT2D eigenvalue weighted by atomic mass is 32.2. The van der Waals surface area contributed by atoms with E-state index in [-0.39, 0.29) is 12.5 Å². The van der Waals surface area contributed by atoms with Crippen LogP contribution in [-0.2, 0) is 16.0 Å². The molecule has 0 aliphatic carbocycles. The largest absolute Gasteiger partial charge is 0.480 e. The summed E-state index contributed by atoms with van der Waals surface area (Å²) in [6, 6.07) is 10.0. The SMILES string of the molecule is O=C(O)CNC(=O)CSCCc1ccccc1. The van der Waals surface area contributed by atoms with Crippen LogP contribution in [0, 0.1) is 0 Å².